The van der Waals surface area contributed by atoms with Gasteiger partial charge in [0.05, 0.1) is 18.2 Å². The number of nitrogens with zero attached hydrogens (tertiary/aromatic N) is 1. The molecule has 0 bridgehead atoms. The standard InChI is InChI=1S/C10H8ClNO/c1-13-10-5-3-2-4-8(10)9(11)6-7-12/h2-6H,1H3. The average Bonchev–Trinajstić information content (AvgIpc) is 2.18. The second-order valence-corrected chi connectivity index (χ2v) is 2.73. The molecule has 1 rings (SSSR count). The third kappa shape index (κ3) is 2.24. The van der Waals surface area contributed by atoms with Crippen molar-refractivity contribution in [2.45, 2.75) is 0 Å². The number of hydrogen-bond acceptors (Lipinski definition) is 2. The van der Waals surface area contributed by atoms with Crippen LogP contribution >= 0.6 is 11.6 Å². The van der Waals surface area contributed by atoms with Gasteiger partial charge in [-0.2, -0.15) is 5.26 Å². The minimum Gasteiger partial charge on any atom is -0.496 e. The maximum absolute atomic E-state index is 8.41. The highest BCUT2D eigenvalue weighted by Gasteiger charge is 2.03. The fourth-order valence-electron chi connectivity index (χ4n) is 0.976. The molecule has 0 saturated heterocycles. The molecule has 0 amide bonds. The van der Waals surface area contributed by atoms with Crippen LogP contribution in [0.3, 0.4) is 0 Å². The molecular weight excluding hydrogens is 186 g/mol. The highest BCUT2D eigenvalue weighted by Crippen LogP contribution is 2.27. The summed E-state index contributed by atoms with van der Waals surface area (Å²) in [7, 11) is 1.56. The lowest BCUT2D eigenvalue weighted by molar-refractivity contribution is 0.413. The smallest absolute Gasteiger partial charge is 0.127 e. The summed E-state index contributed by atoms with van der Waals surface area (Å²) in [4.78, 5) is 0. The van der Waals surface area contributed by atoms with Gasteiger partial charge >= 0.3 is 0 Å². The number of benzene rings is 1. The Hall–Kier alpha value is -1.46. The molecule has 0 atom stereocenters. The van der Waals surface area contributed by atoms with Crippen molar-refractivity contribution < 1.29 is 4.74 Å². The largest absolute Gasteiger partial charge is 0.496 e. The van der Waals surface area contributed by atoms with Crippen molar-refractivity contribution in [2.75, 3.05) is 7.11 Å². The quantitative estimate of drug-likeness (QED) is 0.677. The Morgan fingerprint density at radius 1 is 1.54 bits per heavy atom. The Labute approximate surface area is 82.0 Å². The molecule has 2 nitrogen and oxygen atoms in total. The zero-order valence-electron chi connectivity index (χ0n) is 7.12. The first-order valence-electron chi connectivity index (χ1n) is 3.68. The lowest BCUT2D eigenvalue weighted by Gasteiger charge is -2.05. The van der Waals surface area contributed by atoms with Gasteiger partial charge < -0.3 is 4.74 Å². The second kappa shape index (κ2) is 4.54. The third-order valence-corrected chi connectivity index (χ3v) is 1.87. The van der Waals surface area contributed by atoms with Crippen LogP contribution in [0.5, 0.6) is 5.75 Å². The minimum absolute atomic E-state index is 0.389. The first-order chi connectivity index (χ1) is 6.29. The van der Waals surface area contributed by atoms with E-state index in [0.717, 1.165) is 5.56 Å². The predicted molar refractivity (Wildman–Crippen MR) is 52.4 cm³/mol. The number of rotatable bonds is 2. The summed E-state index contributed by atoms with van der Waals surface area (Å²) in [5, 5.41) is 8.80. The Bertz CT molecular complexity index is 365. The molecule has 0 heterocycles. The average molecular weight is 194 g/mol. The fourth-order valence-corrected chi connectivity index (χ4v) is 1.18. The summed E-state index contributed by atoms with van der Waals surface area (Å²) in [6.45, 7) is 0. The van der Waals surface area contributed by atoms with Gasteiger partial charge in [0.15, 0.2) is 0 Å². The normalized spacial score (nSPS) is 10.7. The van der Waals surface area contributed by atoms with E-state index in [2.05, 4.69) is 0 Å². The maximum Gasteiger partial charge on any atom is 0.127 e. The molecule has 0 aliphatic carbocycles. The van der Waals surface area contributed by atoms with Crippen LogP contribution in [0.25, 0.3) is 5.03 Å². The van der Waals surface area contributed by atoms with Crippen LogP contribution < -0.4 is 4.74 Å². The van der Waals surface area contributed by atoms with Gasteiger partial charge in [-0.05, 0) is 12.1 Å². The van der Waals surface area contributed by atoms with Crippen molar-refractivity contribution in [2.24, 2.45) is 0 Å². The Morgan fingerprint density at radius 2 is 2.23 bits per heavy atom. The highest BCUT2D eigenvalue weighted by atomic mass is 35.5. The van der Waals surface area contributed by atoms with Crippen LogP contribution in [0, 0.1) is 11.3 Å². The van der Waals surface area contributed by atoms with Crippen LogP contribution in [0.1, 0.15) is 5.56 Å². The SMILES string of the molecule is COc1ccccc1C(Cl)=CC#N. The summed E-state index contributed by atoms with van der Waals surface area (Å²) in [5.74, 6) is 0.666. The molecule has 1 aromatic rings. The molecule has 13 heavy (non-hydrogen) atoms. The lowest BCUT2D eigenvalue weighted by atomic mass is 10.2. The van der Waals surface area contributed by atoms with E-state index < -0.39 is 0 Å². The zero-order valence-corrected chi connectivity index (χ0v) is 7.88. The van der Waals surface area contributed by atoms with Crippen LogP contribution in [-0.2, 0) is 0 Å². The van der Waals surface area contributed by atoms with Crippen molar-refractivity contribution in [3.05, 3.63) is 35.9 Å². The Balaban J connectivity index is 3.15. The molecule has 0 N–H and O–H groups in total. The molecule has 0 spiro atoms. The molecule has 0 unspecified atom stereocenters. The van der Waals surface area contributed by atoms with Crippen LogP contribution in [-0.4, -0.2) is 7.11 Å². The van der Waals surface area contributed by atoms with Crippen molar-refractivity contribution in [1.82, 2.24) is 0 Å². The van der Waals surface area contributed by atoms with Crippen molar-refractivity contribution in [3.63, 3.8) is 0 Å². The molecule has 1 aromatic carbocycles. The van der Waals surface area contributed by atoms with E-state index in [1.54, 1.807) is 19.2 Å². The van der Waals surface area contributed by atoms with Crippen molar-refractivity contribution >= 4 is 16.6 Å². The summed E-state index contributed by atoms with van der Waals surface area (Å²) < 4.78 is 5.08. The number of allylic oxidation sites excluding steroid dienone is 1. The summed E-state index contributed by atoms with van der Waals surface area (Å²) in [5.41, 5.74) is 0.730. The van der Waals surface area contributed by atoms with Gasteiger partial charge in [-0.1, -0.05) is 23.7 Å². The fraction of sp³-hybridized carbons (Fsp3) is 0.100. The second-order valence-electron chi connectivity index (χ2n) is 2.32. The number of halogens is 1. The minimum atomic E-state index is 0.389. The number of ether oxygens (including phenoxy) is 1. The number of methoxy groups -OCH3 is 1. The Kier molecular flexibility index (Phi) is 3.36. The molecule has 3 heteroatoms. The molecular formula is C10H8ClNO. The molecule has 0 aliphatic heterocycles. The first kappa shape index (κ1) is 9.63. The molecule has 0 aliphatic rings. The van der Waals surface area contributed by atoms with E-state index in [1.165, 1.54) is 6.08 Å². The molecule has 0 aromatic heterocycles. The van der Waals surface area contributed by atoms with Crippen LogP contribution in [0.4, 0.5) is 0 Å². The van der Waals surface area contributed by atoms with E-state index in [1.807, 2.05) is 18.2 Å². The van der Waals surface area contributed by atoms with E-state index >= 15 is 0 Å². The first-order valence-corrected chi connectivity index (χ1v) is 4.06. The molecule has 0 radical (unpaired) electrons. The van der Waals surface area contributed by atoms with Gasteiger partial charge in [-0.3, -0.25) is 0 Å². The van der Waals surface area contributed by atoms with Crippen LogP contribution in [0.2, 0.25) is 0 Å². The number of nitriles is 1. The van der Waals surface area contributed by atoms with Crippen molar-refractivity contribution in [1.29, 1.82) is 5.26 Å². The Morgan fingerprint density at radius 3 is 2.85 bits per heavy atom. The van der Waals surface area contributed by atoms with E-state index in [9.17, 15) is 0 Å². The molecule has 0 fully saturated rings. The van der Waals surface area contributed by atoms with Gasteiger partial charge in [-0.15, -0.1) is 0 Å². The summed E-state index contributed by atoms with van der Waals surface area (Å²) in [6.07, 6.45) is 1.28. The van der Waals surface area contributed by atoms with Crippen LogP contribution in [0.15, 0.2) is 30.3 Å². The van der Waals surface area contributed by atoms with Gasteiger partial charge in [0, 0.05) is 11.6 Å². The van der Waals surface area contributed by atoms with E-state index in [4.69, 9.17) is 21.6 Å². The highest BCUT2D eigenvalue weighted by molar-refractivity contribution is 6.49. The van der Waals surface area contributed by atoms with Gasteiger partial charge in [-0.25, -0.2) is 0 Å². The predicted octanol–water partition coefficient (Wildman–Crippen LogP) is 2.80. The van der Waals surface area contributed by atoms with Gasteiger partial charge in [0.2, 0.25) is 0 Å². The lowest BCUT2D eigenvalue weighted by Crippen LogP contribution is -1.87. The van der Waals surface area contributed by atoms with E-state index in [-0.39, 0.29) is 0 Å². The number of hydrogen-bond donors (Lipinski definition) is 0. The van der Waals surface area contributed by atoms with Gasteiger partial charge in [0.1, 0.15) is 5.75 Å². The maximum atomic E-state index is 8.41. The monoisotopic (exact) mass is 193 g/mol. The van der Waals surface area contributed by atoms with E-state index in [0.29, 0.717) is 10.8 Å². The van der Waals surface area contributed by atoms with Crippen molar-refractivity contribution in [3.8, 4) is 11.8 Å². The topological polar surface area (TPSA) is 33.0 Å². The molecule has 66 valence electrons. The van der Waals surface area contributed by atoms with Gasteiger partial charge in [0.25, 0.3) is 0 Å². The number of para-hydroxylation sites is 1. The summed E-state index contributed by atoms with van der Waals surface area (Å²) in [6, 6.07) is 9.15. The summed E-state index contributed by atoms with van der Waals surface area (Å²) >= 11 is 5.85. The third-order valence-electron chi connectivity index (χ3n) is 1.56. The molecule has 0 saturated carbocycles. The zero-order chi connectivity index (χ0) is 9.68.